The fraction of sp³-hybridized carbons (Fsp3) is 0.300. The third-order valence-corrected chi connectivity index (χ3v) is 2.64. The fourth-order valence-electron chi connectivity index (χ4n) is 1.26. The summed E-state index contributed by atoms with van der Waals surface area (Å²) in [7, 11) is 0. The zero-order valence-corrected chi connectivity index (χ0v) is 9.38. The van der Waals surface area contributed by atoms with Gasteiger partial charge in [-0.05, 0) is 18.2 Å². The van der Waals surface area contributed by atoms with Gasteiger partial charge in [-0.1, -0.05) is 15.9 Å². The number of halogens is 2. The SMILES string of the molecule is O=C(NC1COC1)c1ccc(Br)cc1F. The highest BCUT2D eigenvalue weighted by atomic mass is 79.9. The highest BCUT2D eigenvalue weighted by molar-refractivity contribution is 9.10. The van der Waals surface area contributed by atoms with E-state index in [0.29, 0.717) is 17.7 Å². The second-order valence-corrected chi connectivity index (χ2v) is 4.25. The molecular formula is C10H9BrFNO2. The molecule has 0 aliphatic carbocycles. The van der Waals surface area contributed by atoms with Crippen molar-refractivity contribution in [3.8, 4) is 0 Å². The van der Waals surface area contributed by atoms with Gasteiger partial charge in [0, 0.05) is 4.47 Å². The van der Waals surface area contributed by atoms with Crippen molar-refractivity contribution in [1.82, 2.24) is 5.32 Å². The van der Waals surface area contributed by atoms with Crippen LogP contribution >= 0.6 is 15.9 Å². The average molecular weight is 274 g/mol. The van der Waals surface area contributed by atoms with Crippen molar-refractivity contribution in [2.45, 2.75) is 6.04 Å². The predicted octanol–water partition coefficient (Wildman–Crippen LogP) is 1.72. The normalized spacial score (nSPS) is 15.9. The Labute approximate surface area is 94.7 Å². The summed E-state index contributed by atoms with van der Waals surface area (Å²) >= 11 is 3.13. The molecule has 1 aliphatic heterocycles. The Balaban J connectivity index is 2.10. The van der Waals surface area contributed by atoms with Crippen LogP contribution in [0.4, 0.5) is 4.39 Å². The topological polar surface area (TPSA) is 38.3 Å². The number of hydrogen-bond acceptors (Lipinski definition) is 2. The molecule has 1 aliphatic rings. The summed E-state index contributed by atoms with van der Waals surface area (Å²) < 4.78 is 18.9. The van der Waals surface area contributed by atoms with E-state index < -0.39 is 11.7 Å². The van der Waals surface area contributed by atoms with Gasteiger partial charge in [-0.25, -0.2) is 4.39 Å². The van der Waals surface area contributed by atoms with E-state index in [-0.39, 0.29) is 11.6 Å². The first-order chi connectivity index (χ1) is 7.16. The molecule has 1 N–H and O–H groups in total. The predicted molar refractivity (Wildman–Crippen MR) is 56.2 cm³/mol. The first kappa shape index (κ1) is 10.6. The minimum absolute atomic E-state index is 0.0144. The van der Waals surface area contributed by atoms with Crippen molar-refractivity contribution < 1.29 is 13.9 Å². The molecule has 0 unspecified atom stereocenters. The van der Waals surface area contributed by atoms with Crippen molar-refractivity contribution in [1.29, 1.82) is 0 Å². The molecule has 5 heteroatoms. The van der Waals surface area contributed by atoms with Crippen LogP contribution in [0.3, 0.4) is 0 Å². The summed E-state index contributed by atoms with van der Waals surface area (Å²) in [6.07, 6.45) is 0. The summed E-state index contributed by atoms with van der Waals surface area (Å²) in [5, 5.41) is 2.67. The number of carbonyl (C=O) groups excluding carboxylic acids is 1. The van der Waals surface area contributed by atoms with Crippen LogP contribution in [-0.2, 0) is 4.74 Å². The molecule has 1 aromatic rings. The van der Waals surface area contributed by atoms with Gasteiger partial charge in [-0.3, -0.25) is 4.79 Å². The Bertz CT molecular complexity index is 393. The van der Waals surface area contributed by atoms with Crippen molar-refractivity contribution in [2.24, 2.45) is 0 Å². The van der Waals surface area contributed by atoms with Gasteiger partial charge >= 0.3 is 0 Å². The smallest absolute Gasteiger partial charge is 0.254 e. The Morgan fingerprint density at radius 2 is 2.27 bits per heavy atom. The molecule has 15 heavy (non-hydrogen) atoms. The van der Waals surface area contributed by atoms with Crippen molar-refractivity contribution >= 4 is 21.8 Å². The Hall–Kier alpha value is -0.940. The van der Waals surface area contributed by atoms with Gasteiger partial charge < -0.3 is 10.1 Å². The Kier molecular flexibility index (Phi) is 3.02. The summed E-state index contributed by atoms with van der Waals surface area (Å²) in [6, 6.07) is 4.37. The maximum atomic E-state index is 13.4. The van der Waals surface area contributed by atoms with E-state index in [1.165, 1.54) is 12.1 Å². The zero-order valence-electron chi connectivity index (χ0n) is 7.80. The maximum Gasteiger partial charge on any atom is 0.254 e. The molecule has 0 saturated carbocycles. The van der Waals surface area contributed by atoms with E-state index in [1.54, 1.807) is 6.07 Å². The number of benzene rings is 1. The Morgan fingerprint density at radius 3 is 2.80 bits per heavy atom. The van der Waals surface area contributed by atoms with Crippen LogP contribution < -0.4 is 5.32 Å². The number of amides is 1. The molecule has 0 radical (unpaired) electrons. The molecule has 1 aromatic carbocycles. The lowest BCUT2D eigenvalue weighted by atomic mass is 10.1. The number of ether oxygens (including phenoxy) is 1. The van der Waals surface area contributed by atoms with E-state index in [9.17, 15) is 9.18 Å². The minimum Gasteiger partial charge on any atom is -0.377 e. The van der Waals surface area contributed by atoms with Crippen molar-refractivity contribution in [3.05, 3.63) is 34.1 Å². The zero-order chi connectivity index (χ0) is 10.8. The summed E-state index contributed by atoms with van der Waals surface area (Å²) in [6.45, 7) is 1.01. The molecule has 1 saturated heterocycles. The number of nitrogens with one attached hydrogen (secondary N) is 1. The largest absolute Gasteiger partial charge is 0.377 e. The summed E-state index contributed by atoms with van der Waals surface area (Å²) in [5.74, 6) is -0.921. The van der Waals surface area contributed by atoms with E-state index in [1.807, 2.05) is 0 Å². The van der Waals surface area contributed by atoms with Gasteiger partial charge in [0.15, 0.2) is 0 Å². The van der Waals surface area contributed by atoms with E-state index in [0.717, 1.165) is 0 Å². The van der Waals surface area contributed by atoms with Gasteiger partial charge in [-0.2, -0.15) is 0 Å². The molecule has 0 atom stereocenters. The van der Waals surface area contributed by atoms with Crippen molar-refractivity contribution in [2.75, 3.05) is 13.2 Å². The van der Waals surface area contributed by atoms with Crippen LogP contribution in [0.25, 0.3) is 0 Å². The molecule has 0 bridgehead atoms. The molecule has 0 aromatic heterocycles. The molecular weight excluding hydrogens is 265 g/mol. The average Bonchev–Trinajstić information content (AvgIpc) is 2.11. The lowest BCUT2D eigenvalue weighted by Crippen LogP contribution is -2.48. The lowest BCUT2D eigenvalue weighted by molar-refractivity contribution is -0.00352. The van der Waals surface area contributed by atoms with Crippen LogP contribution in [0.5, 0.6) is 0 Å². The molecule has 1 heterocycles. The second-order valence-electron chi connectivity index (χ2n) is 3.33. The van der Waals surface area contributed by atoms with Crippen LogP contribution in [0.15, 0.2) is 22.7 Å². The first-order valence-corrected chi connectivity index (χ1v) is 5.30. The van der Waals surface area contributed by atoms with Crippen molar-refractivity contribution in [3.63, 3.8) is 0 Å². The highest BCUT2D eigenvalue weighted by Gasteiger charge is 2.22. The van der Waals surface area contributed by atoms with Crippen LogP contribution in [0, 0.1) is 5.82 Å². The van der Waals surface area contributed by atoms with Gasteiger partial charge in [0.1, 0.15) is 5.82 Å². The molecule has 3 nitrogen and oxygen atoms in total. The minimum atomic E-state index is -0.526. The van der Waals surface area contributed by atoms with E-state index in [4.69, 9.17) is 4.74 Å². The third-order valence-electron chi connectivity index (χ3n) is 2.15. The maximum absolute atomic E-state index is 13.4. The number of carbonyl (C=O) groups is 1. The molecule has 80 valence electrons. The van der Waals surface area contributed by atoms with Crippen LogP contribution in [-0.4, -0.2) is 25.2 Å². The Morgan fingerprint density at radius 1 is 1.53 bits per heavy atom. The van der Waals surface area contributed by atoms with Crippen LogP contribution in [0.1, 0.15) is 10.4 Å². The van der Waals surface area contributed by atoms with Crippen LogP contribution in [0.2, 0.25) is 0 Å². The summed E-state index contributed by atoms with van der Waals surface area (Å²) in [4.78, 5) is 11.6. The number of rotatable bonds is 2. The van der Waals surface area contributed by atoms with Gasteiger partial charge in [0.25, 0.3) is 5.91 Å². The van der Waals surface area contributed by atoms with E-state index in [2.05, 4.69) is 21.2 Å². The summed E-state index contributed by atoms with van der Waals surface area (Å²) in [5.41, 5.74) is 0.0603. The second kappa shape index (κ2) is 4.28. The molecule has 1 amide bonds. The van der Waals surface area contributed by atoms with Gasteiger partial charge in [0.2, 0.25) is 0 Å². The monoisotopic (exact) mass is 273 g/mol. The standard InChI is InChI=1S/C10H9BrFNO2/c11-6-1-2-8(9(12)3-6)10(14)13-7-4-15-5-7/h1-3,7H,4-5H2,(H,13,14). The molecule has 1 fully saturated rings. The molecule has 0 spiro atoms. The quantitative estimate of drug-likeness (QED) is 0.891. The van der Waals surface area contributed by atoms with E-state index >= 15 is 0 Å². The van der Waals surface area contributed by atoms with Gasteiger partial charge in [0.05, 0.1) is 24.8 Å². The first-order valence-electron chi connectivity index (χ1n) is 4.50. The number of hydrogen-bond donors (Lipinski definition) is 1. The van der Waals surface area contributed by atoms with Gasteiger partial charge in [-0.15, -0.1) is 0 Å². The molecule has 2 rings (SSSR count). The fourth-order valence-corrected chi connectivity index (χ4v) is 1.59. The third kappa shape index (κ3) is 2.35. The lowest BCUT2D eigenvalue weighted by Gasteiger charge is -2.26. The highest BCUT2D eigenvalue weighted by Crippen LogP contribution is 2.15.